The maximum Gasteiger partial charge on any atom is 0.460 e. The molecular weight excluding hydrogens is 578 g/mol. The topological polar surface area (TPSA) is 9.23 Å². The second-order valence-corrected chi connectivity index (χ2v) is 6.01. The van der Waals surface area contributed by atoms with E-state index in [-0.39, 0.29) is 0 Å². The van der Waals surface area contributed by atoms with Crippen LogP contribution in [0.4, 0.5) is 96.6 Å². The van der Waals surface area contributed by atoms with Crippen molar-refractivity contribution in [3.63, 3.8) is 0 Å². The highest BCUT2D eigenvalue weighted by Crippen LogP contribution is 2.60. The van der Waals surface area contributed by atoms with Crippen molar-refractivity contribution in [3.8, 4) is 0 Å². The average molecular weight is 580 g/mol. The van der Waals surface area contributed by atoms with Crippen LogP contribution in [-0.2, 0) is 4.74 Å². The second kappa shape index (κ2) is 8.63. The fourth-order valence-electron chi connectivity index (χ4n) is 1.53. The summed E-state index contributed by atoms with van der Waals surface area (Å²) in [7, 11) is 0. The van der Waals surface area contributed by atoms with Crippen molar-refractivity contribution in [1.29, 1.82) is 0 Å². The molecule has 35 heavy (non-hydrogen) atoms. The Morgan fingerprint density at radius 2 is 0.771 bits per heavy atom. The first kappa shape index (κ1) is 33.2. The van der Waals surface area contributed by atoms with Crippen molar-refractivity contribution in [2.45, 2.75) is 54.0 Å². The van der Waals surface area contributed by atoms with Gasteiger partial charge in [0.1, 0.15) is 6.61 Å². The predicted molar refractivity (Wildman–Crippen MR) is 61.9 cm³/mol. The second-order valence-electron chi connectivity index (χ2n) is 6.01. The largest absolute Gasteiger partial charge is 0.460 e. The van der Waals surface area contributed by atoms with E-state index in [1.54, 1.807) is 0 Å². The molecule has 0 saturated carbocycles. The van der Waals surface area contributed by atoms with Gasteiger partial charge in [0, 0.05) is 0 Å². The van der Waals surface area contributed by atoms with Crippen molar-refractivity contribution >= 4 is 0 Å². The number of hydrogen-bond acceptors (Lipinski definition) is 1. The fourth-order valence-corrected chi connectivity index (χ4v) is 1.53. The molecule has 0 spiro atoms. The van der Waals surface area contributed by atoms with E-state index in [0.29, 0.717) is 0 Å². The minimum absolute atomic E-state index is 2.01. The predicted octanol–water partition coefficient (Wildman–Crippen LogP) is 7.68. The summed E-state index contributed by atoms with van der Waals surface area (Å²) in [5.74, 6) is -57.7. The van der Waals surface area contributed by atoms with E-state index in [1.165, 1.54) is 0 Å². The molecule has 0 N–H and O–H groups in total. The molecule has 0 radical (unpaired) electrons. The number of allylic oxidation sites excluding steroid dienone is 1. The van der Waals surface area contributed by atoms with E-state index in [4.69, 9.17) is 0 Å². The van der Waals surface area contributed by atoms with E-state index in [0.717, 1.165) is 0 Å². The molecule has 0 aromatic heterocycles. The van der Waals surface area contributed by atoms with Gasteiger partial charge in [-0.05, 0) is 0 Å². The molecule has 0 aromatic rings. The first-order valence-electron chi connectivity index (χ1n) is 7.25. The molecule has 23 heteroatoms. The Bertz CT molecular complexity index is 796. The zero-order chi connectivity index (χ0) is 29.1. The number of hydrogen-bond donors (Lipinski definition) is 0. The third kappa shape index (κ3) is 5.18. The van der Waals surface area contributed by atoms with Crippen LogP contribution in [-0.4, -0.2) is 60.6 Å². The lowest BCUT2D eigenvalue weighted by molar-refractivity contribution is -0.443. The van der Waals surface area contributed by atoms with Crippen LogP contribution in [0.3, 0.4) is 0 Å². The smallest absolute Gasteiger partial charge is 0.308 e. The molecule has 0 bridgehead atoms. The van der Waals surface area contributed by atoms with E-state index < -0.39 is 72.3 Å². The van der Waals surface area contributed by atoms with Gasteiger partial charge < -0.3 is 4.74 Å². The van der Waals surface area contributed by atoms with Gasteiger partial charge in [0.2, 0.25) is 11.7 Å². The van der Waals surface area contributed by atoms with Gasteiger partial charge in [-0.15, -0.1) is 0 Å². The van der Waals surface area contributed by atoms with Crippen LogP contribution in [0.15, 0.2) is 11.7 Å². The minimum Gasteiger partial charge on any atom is -0.308 e. The highest BCUT2D eigenvalue weighted by Gasteiger charge is 2.90. The normalized spacial score (nSPS) is 17.0. The summed E-state index contributed by atoms with van der Waals surface area (Å²) in [6, 6.07) is 0. The number of ether oxygens (including phenoxy) is 1. The van der Waals surface area contributed by atoms with E-state index in [9.17, 15) is 96.6 Å². The van der Waals surface area contributed by atoms with Crippen LogP contribution < -0.4 is 0 Å². The van der Waals surface area contributed by atoms with E-state index >= 15 is 0 Å². The molecule has 0 amide bonds. The van der Waals surface area contributed by atoms with Crippen molar-refractivity contribution < 1.29 is 101 Å². The lowest BCUT2D eigenvalue weighted by Gasteiger charge is -2.39. The quantitative estimate of drug-likeness (QED) is 0.255. The van der Waals surface area contributed by atoms with Crippen LogP contribution in [0.1, 0.15) is 0 Å². The minimum atomic E-state index is -8.51. The van der Waals surface area contributed by atoms with Gasteiger partial charge in [0.05, 0.1) is 0 Å². The Kier molecular flexibility index (Phi) is 8.17. The van der Waals surface area contributed by atoms with Gasteiger partial charge in [-0.2, -0.15) is 92.2 Å². The monoisotopic (exact) mass is 580 g/mol. The Hall–Kier alpha value is -1.84. The molecule has 0 unspecified atom stereocenters. The zero-order valence-electron chi connectivity index (χ0n) is 14.9. The maximum absolute atomic E-state index is 13.2. The molecule has 0 fully saturated rings. The number of rotatable bonds is 9. The van der Waals surface area contributed by atoms with Gasteiger partial charge >= 0.3 is 54.0 Å². The van der Waals surface area contributed by atoms with Crippen molar-refractivity contribution in [1.82, 2.24) is 0 Å². The summed E-state index contributed by atoms with van der Waals surface area (Å²) < 4.78 is 280. The van der Waals surface area contributed by atoms with Crippen LogP contribution in [0.25, 0.3) is 0 Å². The number of halogens is 22. The molecular formula is C12H2F22O. The molecule has 0 atom stereocenters. The average Bonchev–Trinajstić information content (AvgIpc) is 2.62. The Labute approximate surface area is 175 Å². The Balaban J connectivity index is 6.29. The summed E-state index contributed by atoms with van der Waals surface area (Å²) in [5, 5.41) is 0. The SMILES string of the molecule is FC(=C(F)C(F)(F)C(F)(F)F)C(F)(F)OCC(F)(F)C(F)(F)C(F)(F)C(F)(F)C(F)(F)C(F)(F)F. The lowest BCUT2D eigenvalue weighted by atomic mass is 9.94. The maximum atomic E-state index is 13.2. The lowest BCUT2D eigenvalue weighted by Crippen LogP contribution is -2.70. The Morgan fingerprint density at radius 3 is 1.09 bits per heavy atom. The third-order valence-electron chi connectivity index (χ3n) is 3.51. The molecule has 0 heterocycles. The Morgan fingerprint density at radius 1 is 0.429 bits per heavy atom. The van der Waals surface area contributed by atoms with Crippen molar-refractivity contribution in [2.24, 2.45) is 0 Å². The molecule has 0 aliphatic rings. The highest BCUT2D eigenvalue weighted by atomic mass is 19.4. The fraction of sp³-hybridized carbons (Fsp3) is 0.833. The summed E-state index contributed by atoms with van der Waals surface area (Å²) in [5.41, 5.74) is 0. The van der Waals surface area contributed by atoms with Gasteiger partial charge in [-0.1, -0.05) is 0 Å². The van der Waals surface area contributed by atoms with Gasteiger partial charge in [-0.3, -0.25) is 0 Å². The highest BCUT2D eigenvalue weighted by molar-refractivity contribution is 5.16. The van der Waals surface area contributed by atoms with Gasteiger partial charge in [0.15, 0.2) is 0 Å². The molecule has 1 nitrogen and oxygen atoms in total. The van der Waals surface area contributed by atoms with Crippen LogP contribution >= 0.6 is 0 Å². The molecule has 0 saturated heterocycles. The molecule has 0 aliphatic carbocycles. The van der Waals surface area contributed by atoms with E-state index in [2.05, 4.69) is 0 Å². The summed E-state index contributed by atoms with van der Waals surface area (Å²) >= 11 is 0. The first-order valence-corrected chi connectivity index (χ1v) is 7.25. The van der Waals surface area contributed by atoms with Gasteiger partial charge in [0.25, 0.3) is 0 Å². The summed E-state index contributed by atoms with van der Waals surface area (Å²) in [4.78, 5) is 0. The third-order valence-corrected chi connectivity index (χ3v) is 3.51. The van der Waals surface area contributed by atoms with E-state index in [1.807, 2.05) is 4.74 Å². The first-order chi connectivity index (χ1) is 14.8. The van der Waals surface area contributed by atoms with Crippen molar-refractivity contribution in [3.05, 3.63) is 11.7 Å². The molecule has 210 valence electrons. The van der Waals surface area contributed by atoms with Gasteiger partial charge in [-0.25, -0.2) is 4.39 Å². The van der Waals surface area contributed by atoms with Crippen molar-refractivity contribution in [2.75, 3.05) is 6.61 Å². The summed E-state index contributed by atoms with van der Waals surface area (Å²) in [6.07, 6.45) is -21.9. The zero-order valence-corrected chi connectivity index (χ0v) is 14.9. The van der Waals surface area contributed by atoms with Crippen LogP contribution in [0.5, 0.6) is 0 Å². The molecule has 0 aliphatic heterocycles. The molecule has 0 aromatic carbocycles. The summed E-state index contributed by atoms with van der Waals surface area (Å²) in [6.45, 7) is -4.38. The van der Waals surface area contributed by atoms with Crippen LogP contribution in [0, 0.1) is 0 Å². The van der Waals surface area contributed by atoms with Crippen LogP contribution in [0.2, 0.25) is 0 Å². The number of alkyl halides is 20. The molecule has 0 rings (SSSR count). The standard InChI is InChI=1S/C12H2F22O/c13-2(5(17,18)11(29,30)31)3(14)6(19,20)35-1-4(15,16)7(21,22)8(23,24)9(25,26)10(27,28)12(32,33)34/h1H2.